The molecule has 0 bridgehead atoms. The first kappa shape index (κ1) is 20.7. The van der Waals surface area contributed by atoms with E-state index in [4.69, 9.17) is 4.74 Å². The third kappa shape index (κ3) is 5.26. The number of benzene rings is 1. The number of anilines is 1. The van der Waals surface area contributed by atoms with Crippen molar-refractivity contribution in [1.82, 2.24) is 20.1 Å². The Labute approximate surface area is 170 Å². The fourth-order valence-electron chi connectivity index (χ4n) is 3.31. The van der Waals surface area contributed by atoms with Gasteiger partial charge < -0.3 is 15.0 Å². The number of nitrogens with zero attached hydrogens (tertiary/aromatic N) is 4. The van der Waals surface area contributed by atoms with Crippen LogP contribution in [0.15, 0.2) is 29.4 Å². The van der Waals surface area contributed by atoms with Crippen LogP contribution in [0, 0.1) is 6.92 Å². The predicted octanol–water partition coefficient (Wildman–Crippen LogP) is 2.81. The lowest BCUT2D eigenvalue weighted by atomic mass is 10.1. The first-order valence-electron chi connectivity index (χ1n) is 9.77. The minimum Gasteiger partial charge on any atom is -0.383 e. The molecule has 8 heteroatoms. The van der Waals surface area contributed by atoms with Gasteiger partial charge in [0.15, 0.2) is 5.16 Å². The standard InChI is InChI=1S/C20H29N5O2S/c1-15-7-9-17(10-8-15)25-19(24-11-5-4-6-12-24)22-23-20(25)28-14-18(26)21-16(2)13-27-3/h7-10,16H,4-6,11-14H2,1-3H3,(H,21,26). The molecule has 1 aromatic heterocycles. The Morgan fingerprint density at radius 3 is 2.61 bits per heavy atom. The number of carbonyl (C=O) groups excluding carboxylic acids is 1. The lowest BCUT2D eigenvalue weighted by molar-refractivity contribution is -0.119. The molecule has 2 aromatic rings. The number of rotatable bonds is 8. The van der Waals surface area contributed by atoms with Gasteiger partial charge in [0.05, 0.1) is 18.0 Å². The van der Waals surface area contributed by atoms with E-state index in [0.29, 0.717) is 6.61 Å². The Hall–Kier alpha value is -2.06. The zero-order valence-electron chi connectivity index (χ0n) is 16.9. The molecule has 152 valence electrons. The molecule has 1 N–H and O–H groups in total. The number of methoxy groups -OCH3 is 1. The summed E-state index contributed by atoms with van der Waals surface area (Å²) in [5.74, 6) is 1.12. The zero-order valence-corrected chi connectivity index (χ0v) is 17.7. The van der Waals surface area contributed by atoms with Gasteiger partial charge in [0.1, 0.15) is 0 Å². The summed E-state index contributed by atoms with van der Waals surface area (Å²) in [5, 5.41) is 12.6. The predicted molar refractivity (Wildman–Crippen MR) is 112 cm³/mol. The minimum absolute atomic E-state index is 0.0167. The molecule has 28 heavy (non-hydrogen) atoms. The summed E-state index contributed by atoms with van der Waals surface area (Å²) >= 11 is 1.41. The number of carbonyl (C=O) groups is 1. The number of nitrogens with one attached hydrogen (secondary N) is 1. The van der Waals surface area contributed by atoms with Gasteiger partial charge in [-0.25, -0.2) is 0 Å². The molecular weight excluding hydrogens is 374 g/mol. The van der Waals surface area contributed by atoms with E-state index in [1.54, 1.807) is 7.11 Å². The van der Waals surface area contributed by atoms with E-state index in [1.165, 1.54) is 36.6 Å². The molecule has 1 saturated heterocycles. The van der Waals surface area contributed by atoms with Crippen LogP contribution in [0.5, 0.6) is 0 Å². The van der Waals surface area contributed by atoms with E-state index in [0.717, 1.165) is 29.9 Å². The normalized spacial score (nSPS) is 15.5. The van der Waals surface area contributed by atoms with E-state index in [1.807, 2.05) is 6.92 Å². The maximum Gasteiger partial charge on any atom is 0.232 e. The summed E-state index contributed by atoms with van der Waals surface area (Å²) in [5.41, 5.74) is 2.23. The number of aryl methyl sites for hydroxylation is 1. The van der Waals surface area contributed by atoms with Crippen LogP contribution in [0.1, 0.15) is 31.7 Å². The number of aromatic nitrogens is 3. The second-order valence-corrected chi connectivity index (χ2v) is 8.16. The average molecular weight is 404 g/mol. The van der Waals surface area contributed by atoms with Crippen LogP contribution >= 0.6 is 11.8 Å². The quantitative estimate of drug-likeness (QED) is 0.684. The number of thioether (sulfide) groups is 1. The Morgan fingerprint density at radius 1 is 1.21 bits per heavy atom. The van der Waals surface area contributed by atoms with Crippen LogP contribution < -0.4 is 10.2 Å². The van der Waals surface area contributed by atoms with Gasteiger partial charge in [-0.2, -0.15) is 0 Å². The molecule has 1 fully saturated rings. The topological polar surface area (TPSA) is 72.3 Å². The first-order valence-corrected chi connectivity index (χ1v) is 10.8. The minimum atomic E-state index is -0.0347. The highest BCUT2D eigenvalue weighted by Gasteiger charge is 2.22. The molecule has 0 aliphatic carbocycles. The zero-order chi connectivity index (χ0) is 19.9. The summed E-state index contributed by atoms with van der Waals surface area (Å²) in [6.45, 7) is 6.47. The molecule has 0 radical (unpaired) electrons. The van der Waals surface area contributed by atoms with Gasteiger partial charge in [0.2, 0.25) is 11.9 Å². The van der Waals surface area contributed by atoms with Gasteiger partial charge in [-0.15, -0.1) is 10.2 Å². The van der Waals surface area contributed by atoms with E-state index in [-0.39, 0.29) is 17.7 Å². The Morgan fingerprint density at radius 2 is 1.93 bits per heavy atom. The van der Waals surface area contributed by atoms with Crippen molar-refractivity contribution in [3.8, 4) is 5.69 Å². The van der Waals surface area contributed by atoms with Crippen LogP contribution in [-0.4, -0.2) is 59.3 Å². The monoisotopic (exact) mass is 403 g/mol. The molecule has 1 aromatic carbocycles. The molecule has 1 unspecified atom stereocenters. The van der Waals surface area contributed by atoms with Crippen molar-refractivity contribution in [2.45, 2.75) is 44.3 Å². The van der Waals surface area contributed by atoms with E-state index in [2.05, 4.69) is 56.2 Å². The average Bonchev–Trinajstić information content (AvgIpc) is 3.12. The molecule has 1 atom stereocenters. The van der Waals surface area contributed by atoms with Gasteiger partial charge >= 0.3 is 0 Å². The lowest BCUT2D eigenvalue weighted by Gasteiger charge is -2.27. The number of amides is 1. The summed E-state index contributed by atoms with van der Waals surface area (Å²) < 4.78 is 7.14. The second kappa shape index (κ2) is 9.93. The second-order valence-electron chi connectivity index (χ2n) is 7.21. The number of hydrogen-bond acceptors (Lipinski definition) is 6. The molecular formula is C20H29N5O2S. The number of piperidine rings is 1. The Bertz CT molecular complexity index is 771. The third-order valence-electron chi connectivity index (χ3n) is 4.70. The van der Waals surface area contributed by atoms with Crippen LogP contribution in [0.4, 0.5) is 5.95 Å². The summed E-state index contributed by atoms with van der Waals surface area (Å²) in [4.78, 5) is 14.5. The smallest absolute Gasteiger partial charge is 0.232 e. The van der Waals surface area contributed by atoms with Gasteiger partial charge in [-0.3, -0.25) is 9.36 Å². The van der Waals surface area contributed by atoms with Gasteiger partial charge in [-0.05, 0) is 45.2 Å². The van der Waals surface area contributed by atoms with Crippen LogP contribution in [0.25, 0.3) is 5.69 Å². The van der Waals surface area contributed by atoms with Crippen LogP contribution in [0.3, 0.4) is 0 Å². The molecule has 7 nitrogen and oxygen atoms in total. The fraction of sp³-hybridized carbons (Fsp3) is 0.550. The maximum absolute atomic E-state index is 12.2. The van der Waals surface area contributed by atoms with E-state index in [9.17, 15) is 4.79 Å². The Balaban J connectivity index is 1.79. The SMILES string of the molecule is COCC(C)NC(=O)CSc1nnc(N2CCCCC2)n1-c1ccc(C)cc1. The van der Waals surface area contributed by atoms with Crippen molar-refractivity contribution in [1.29, 1.82) is 0 Å². The van der Waals surface area contributed by atoms with Crippen molar-refractivity contribution in [2.24, 2.45) is 0 Å². The van der Waals surface area contributed by atoms with E-state index >= 15 is 0 Å². The molecule has 3 rings (SSSR count). The first-order chi connectivity index (χ1) is 13.6. The highest BCUT2D eigenvalue weighted by molar-refractivity contribution is 7.99. The molecule has 0 spiro atoms. The van der Waals surface area contributed by atoms with E-state index < -0.39 is 0 Å². The van der Waals surface area contributed by atoms with Gasteiger partial charge in [0.25, 0.3) is 0 Å². The third-order valence-corrected chi connectivity index (χ3v) is 5.63. The van der Waals surface area contributed by atoms with Crippen LogP contribution in [0.2, 0.25) is 0 Å². The van der Waals surface area contributed by atoms with Crippen molar-refractivity contribution in [3.05, 3.63) is 29.8 Å². The molecule has 1 aliphatic heterocycles. The maximum atomic E-state index is 12.2. The van der Waals surface area contributed by atoms with Gasteiger partial charge in [-0.1, -0.05) is 29.5 Å². The Kier molecular flexibility index (Phi) is 7.33. The van der Waals surface area contributed by atoms with Crippen molar-refractivity contribution >= 4 is 23.6 Å². The van der Waals surface area contributed by atoms with Crippen molar-refractivity contribution < 1.29 is 9.53 Å². The molecule has 1 aliphatic rings. The molecule has 0 saturated carbocycles. The summed E-state index contributed by atoms with van der Waals surface area (Å²) in [6.07, 6.45) is 3.60. The van der Waals surface area contributed by atoms with Gasteiger partial charge in [0, 0.05) is 26.2 Å². The lowest BCUT2D eigenvalue weighted by Crippen LogP contribution is -2.36. The van der Waals surface area contributed by atoms with Crippen molar-refractivity contribution in [3.63, 3.8) is 0 Å². The molecule has 2 heterocycles. The fourth-order valence-corrected chi connectivity index (χ4v) is 4.07. The molecule has 1 amide bonds. The number of hydrogen-bond donors (Lipinski definition) is 1. The highest BCUT2D eigenvalue weighted by atomic mass is 32.2. The number of ether oxygens (including phenoxy) is 1. The largest absolute Gasteiger partial charge is 0.383 e. The summed E-state index contributed by atoms with van der Waals surface area (Å²) in [7, 11) is 1.63. The highest BCUT2D eigenvalue weighted by Crippen LogP contribution is 2.28. The summed E-state index contributed by atoms with van der Waals surface area (Å²) in [6, 6.07) is 8.32. The van der Waals surface area contributed by atoms with Crippen LogP contribution in [-0.2, 0) is 9.53 Å². The van der Waals surface area contributed by atoms with Crippen molar-refractivity contribution in [2.75, 3.05) is 37.5 Å².